The van der Waals surface area contributed by atoms with Crippen LogP contribution >= 0.6 is 11.6 Å². The fourth-order valence-electron chi connectivity index (χ4n) is 2.07. The Kier molecular flexibility index (Phi) is 6.01. The molecule has 0 spiro atoms. The van der Waals surface area contributed by atoms with Gasteiger partial charge in [-0.05, 0) is 49.0 Å². The van der Waals surface area contributed by atoms with E-state index in [9.17, 15) is 8.42 Å². The van der Waals surface area contributed by atoms with Gasteiger partial charge in [0.2, 0.25) is 10.0 Å². The zero-order valence-corrected chi connectivity index (χ0v) is 14.3. The predicted octanol–water partition coefficient (Wildman–Crippen LogP) is 2.50. The molecule has 0 saturated carbocycles. The molecule has 23 heavy (non-hydrogen) atoms. The van der Waals surface area contributed by atoms with Crippen molar-refractivity contribution < 1.29 is 13.2 Å². The van der Waals surface area contributed by atoms with Crippen LogP contribution in [0.1, 0.15) is 5.56 Å². The third-order valence-electron chi connectivity index (χ3n) is 3.24. The number of halogens is 1. The molecule has 0 aliphatic carbocycles. The van der Waals surface area contributed by atoms with Crippen molar-refractivity contribution in [2.45, 2.75) is 11.4 Å². The van der Waals surface area contributed by atoms with Crippen molar-refractivity contribution in [3.05, 3.63) is 59.1 Å². The van der Waals surface area contributed by atoms with E-state index in [1.54, 1.807) is 12.1 Å². The number of nitrogens with two attached hydrogens (primary N) is 1. The molecule has 0 unspecified atom stereocenters. The van der Waals surface area contributed by atoms with E-state index in [4.69, 9.17) is 21.5 Å². The first-order chi connectivity index (χ1) is 10.8. The summed E-state index contributed by atoms with van der Waals surface area (Å²) in [7, 11) is -1.67. The molecule has 124 valence electrons. The molecule has 2 N–H and O–H groups in total. The number of sulfonamides is 1. The van der Waals surface area contributed by atoms with Crippen molar-refractivity contribution in [2.24, 2.45) is 5.14 Å². The Hall–Kier alpha value is -1.60. The van der Waals surface area contributed by atoms with Gasteiger partial charge < -0.3 is 4.74 Å². The van der Waals surface area contributed by atoms with Crippen molar-refractivity contribution in [3.63, 3.8) is 0 Å². The van der Waals surface area contributed by atoms with Gasteiger partial charge in [-0.25, -0.2) is 13.6 Å². The predicted molar refractivity (Wildman–Crippen MR) is 91.1 cm³/mol. The second kappa shape index (κ2) is 7.79. The van der Waals surface area contributed by atoms with Crippen LogP contribution in [0.4, 0.5) is 0 Å². The number of hydrogen-bond donors (Lipinski definition) is 1. The first kappa shape index (κ1) is 17.7. The van der Waals surface area contributed by atoms with E-state index < -0.39 is 10.0 Å². The molecule has 0 bridgehead atoms. The average molecular weight is 355 g/mol. The number of primary sulfonamides is 1. The molecular formula is C16H19ClN2O3S. The van der Waals surface area contributed by atoms with E-state index in [2.05, 4.69) is 4.90 Å². The molecule has 2 aromatic carbocycles. The summed E-state index contributed by atoms with van der Waals surface area (Å²) >= 11 is 5.96. The third-order valence-corrected chi connectivity index (χ3v) is 4.40. The minimum Gasteiger partial charge on any atom is -0.492 e. The normalized spacial score (nSPS) is 11.7. The van der Waals surface area contributed by atoms with Crippen LogP contribution in [0, 0.1) is 0 Å². The molecule has 0 aliphatic heterocycles. The monoisotopic (exact) mass is 354 g/mol. The molecule has 0 aliphatic rings. The average Bonchev–Trinajstić information content (AvgIpc) is 2.47. The molecule has 0 heterocycles. The molecule has 5 nitrogen and oxygen atoms in total. The molecule has 0 atom stereocenters. The Bertz CT molecular complexity index is 748. The summed E-state index contributed by atoms with van der Waals surface area (Å²) in [5.74, 6) is 0.605. The van der Waals surface area contributed by atoms with E-state index in [0.717, 1.165) is 23.7 Å². The van der Waals surface area contributed by atoms with Gasteiger partial charge in [0.1, 0.15) is 12.4 Å². The van der Waals surface area contributed by atoms with Crippen LogP contribution in [0.15, 0.2) is 53.4 Å². The number of rotatable bonds is 7. The standard InChI is InChI=1S/C16H19ClN2O3S/c1-19(12-13-3-2-4-14(17)11-13)9-10-22-15-5-7-16(8-6-15)23(18,20)21/h2-8,11H,9-10,12H2,1H3,(H2,18,20,21). The largest absolute Gasteiger partial charge is 0.492 e. The van der Waals surface area contributed by atoms with Crippen LogP contribution < -0.4 is 9.88 Å². The number of hydrogen-bond acceptors (Lipinski definition) is 4. The maximum Gasteiger partial charge on any atom is 0.238 e. The fraction of sp³-hybridized carbons (Fsp3) is 0.250. The highest BCUT2D eigenvalue weighted by molar-refractivity contribution is 7.89. The van der Waals surface area contributed by atoms with E-state index in [0.29, 0.717) is 12.4 Å². The highest BCUT2D eigenvalue weighted by Gasteiger charge is 2.07. The van der Waals surface area contributed by atoms with Crippen LogP contribution in [0.3, 0.4) is 0 Å². The van der Waals surface area contributed by atoms with Crippen molar-refractivity contribution >= 4 is 21.6 Å². The van der Waals surface area contributed by atoms with Gasteiger partial charge in [0, 0.05) is 18.1 Å². The third kappa shape index (κ3) is 5.84. The van der Waals surface area contributed by atoms with Gasteiger partial charge in [0.15, 0.2) is 0 Å². The number of benzene rings is 2. The summed E-state index contributed by atoms with van der Waals surface area (Å²) in [5, 5.41) is 5.77. The van der Waals surface area contributed by atoms with Gasteiger partial charge in [-0.15, -0.1) is 0 Å². The second-order valence-corrected chi connectivity index (χ2v) is 7.23. The van der Waals surface area contributed by atoms with Gasteiger partial charge >= 0.3 is 0 Å². The zero-order valence-electron chi connectivity index (χ0n) is 12.8. The number of ether oxygens (including phenoxy) is 1. The van der Waals surface area contributed by atoms with Crippen LogP contribution in [0.25, 0.3) is 0 Å². The molecule has 0 aromatic heterocycles. The maximum absolute atomic E-state index is 11.2. The van der Waals surface area contributed by atoms with E-state index >= 15 is 0 Å². The Morgan fingerprint density at radius 3 is 2.48 bits per heavy atom. The van der Waals surface area contributed by atoms with Gasteiger partial charge in [-0.2, -0.15) is 0 Å². The minimum atomic E-state index is -3.67. The van der Waals surface area contributed by atoms with Crippen LogP contribution in [0.2, 0.25) is 5.02 Å². The van der Waals surface area contributed by atoms with Gasteiger partial charge in [0.05, 0.1) is 4.90 Å². The molecule has 2 aromatic rings. The molecule has 0 fully saturated rings. The molecule has 0 amide bonds. The molecule has 0 saturated heterocycles. The molecule has 7 heteroatoms. The van der Waals surface area contributed by atoms with E-state index in [-0.39, 0.29) is 4.90 Å². The van der Waals surface area contributed by atoms with Gasteiger partial charge in [-0.1, -0.05) is 23.7 Å². The fourth-order valence-corrected chi connectivity index (χ4v) is 2.80. The van der Waals surface area contributed by atoms with Crippen molar-refractivity contribution in [2.75, 3.05) is 20.2 Å². The summed E-state index contributed by atoms with van der Waals surface area (Å²) in [6, 6.07) is 13.8. The number of likely N-dealkylation sites (N-methyl/N-ethyl adjacent to an activating group) is 1. The number of nitrogens with zero attached hydrogens (tertiary/aromatic N) is 1. The van der Waals surface area contributed by atoms with Gasteiger partial charge in [-0.3, -0.25) is 4.90 Å². The summed E-state index contributed by atoms with van der Waals surface area (Å²) in [6.45, 7) is 1.99. The van der Waals surface area contributed by atoms with Crippen molar-refractivity contribution in [3.8, 4) is 5.75 Å². The van der Waals surface area contributed by atoms with Crippen molar-refractivity contribution in [1.29, 1.82) is 0 Å². The van der Waals surface area contributed by atoms with Crippen LogP contribution in [-0.2, 0) is 16.6 Å². The highest BCUT2D eigenvalue weighted by Crippen LogP contribution is 2.15. The van der Waals surface area contributed by atoms with Crippen molar-refractivity contribution in [1.82, 2.24) is 4.90 Å². The summed E-state index contributed by atoms with van der Waals surface area (Å²) in [5.41, 5.74) is 1.14. The van der Waals surface area contributed by atoms with Gasteiger partial charge in [0.25, 0.3) is 0 Å². The lowest BCUT2D eigenvalue weighted by molar-refractivity contribution is 0.233. The Morgan fingerprint density at radius 1 is 1.17 bits per heavy atom. The second-order valence-electron chi connectivity index (χ2n) is 5.23. The smallest absolute Gasteiger partial charge is 0.238 e. The Labute approximate surface area is 141 Å². The first-order valence-electron chi connectivity index (χ1n) is 7.03. The topological polar surface area (TPSA) is 72.6 Å². The minimum absolute atomic E-state index is 0.0722. The summed E-state index contributed by atoms with van der Waals surface area (Å²) < 4.78 is 27.9. The molecule has 0 radical (unpaired) electrons. The Balaban J connectivity index is 1.80. The lowest BCUT2D eigenvalue weighted by atomic mass is 10.2. The summed E-state index contributed by atoms with van der Waals surface area (Å²) in [6.07, 6.45) is 0. The molecular weight excluding hydrogens is 336 g/mol. The maximum atomic E-state index is 11.2. The molecule has 2 rings (SSSR count). The summed E-state index contributed by atoms with van der Waals surface area (Å²) in [4.78, 5) is 2.19. The zero-order chi connectivity index (χ0) is 16.9. The lowest BCUT2D eigenvalue weighted by Crippen LogP contribution is -2.23. The quantitative estimate of drug-likeness (QED) is 0.829. The van der Waals surface area contributed by atoms with Crippen LogP contribution in [0.5, 0.6) is 5.75 Å². The lowest BCUT2D eigenvalue weighted by Gasteiger charge is -2.17. The highest BCUT2D eigenvalue weighted by atomic mass is 35.5. The SMILES string of the molecule is CN(CCOc1ccc(S(N)(=O)=O)cc1)Cc1cccc(Cl)c1. The Morgan fingerprint density at radius 2 is 1.87 bits per heavy atom. The van der Waals surface area contributed by atoms with Crippen LogP contribution in [-0.4, -0.2) is 33.5 Å². The van der Waals surface area contributed by atoms with E-state index in [1.807, 2.05) is 31.3 Å². The first-order valence-corrected chi connectivity index (χ1v) is 8.96. The van der Waals surface area contributed by atoms with E-state index in [1.165, 1.54) is 12.1 Å².